The lowest BCUT2D eigenvalue weighted by Gasteiger charge is -2.33. The molecule has 1 aliphatic heterocycles. The Hall–Kier alpha value is -2.50. The molecule has 0 spiro atoms. The molecule has 43 heavy (non-hydrogen) atoms. The van der Waals surface area contributed by atoms with Crippen LogP contribution in [0.1, 0.15) is 73.6 Å². The van der Waals surface area contributed by atoms with Crippen LogP contribution in [-0.4, -0.2) is 43.9 Å². The summed E-state index contributed by atoms with van der Waals surface area (Å²) in [5, 5.41) is 7.00. The van der Waals surface area contributed by atoms with Gasteiger partial charge in [-0.15, -0.1) is 0 Å². The van der Waals surface area contributed by atoms with E-state index in [2.05, 4.69) is 15.4 Å². The Kier molecular flexibility index (Phi) is 8.86. The molecule has 12 heteroatoms. The van der Waals surface area contributed by atoms with Gasteiger partial charge in [0.15, 0.2) is 11.1 Å². The van der Waals surface area contributed by atoms with Crippen LogP contribution in [0.3, 0.4) is 0 Å². The normalized spacial score (nSPS) is 22.8. The van der Waals surface area contributed by atoms with Gasteiger partial charge in [-0.25, -0.2) is 8.60 Å². The minimum absolute atomic E-state index is 0.00289. The van der Waals surface area contributed by atoms with Crippen LogP contribution in [0.2, 0.25) is 10.0 Å². The van der Waals surface area contributed by atoms with E-state index in [4.69, 9.17) is 32.5 Å². The predicted molar refractivity (Wildman–Crippen MR) is 164 cm³/mol. The molecule has 1 aromatic heterocycles. The molecule has 1 amide bonds. The predicted octanol–water partition coefficient (Wildman–Crippen LogP) is 7.17. The molecule has 2 unspecified atom stereocenters. The molecule has 2 heterocycles. The van der Waals surface area contributed by atoms with E-state index in [1.807, 2.05) is 13.8 Å². The summed E-state index contributed by atoms with van der Waals surface area (Å²) in [5.74, 6) is 0.424. The molecule has 0 radical (unpaired) electrons. The van der Waals surface area contributed by atoms with Crippen molar-refractivity contribution >= 4 is 45.9 Å². The number of nitrogens with zero attached hydrogens (tertiary/aromatic N) is 2. The molecule has 2 aromatic carbocycles. The second-order valence-corrected chi connectivity index (χ2v) is 14.1. The van der Waals surface area contributed by atoms with Gasteiger partial charge in [0.05, 0.1) is 28.4 Å². The molecular weight excluding hydrogens is 616 g/mol. The Balaban J connectivity index is 1.11. The lowest BCUT2D eigenvalue weighted by molar-refractivity contribution is 0.0122. The standard InChI is InChI=1S/C31H34Cl2FN3O5S/c1-16(2)10-27(43(39)40)35-31(38)18-8-9-25(24(34)12-18)37-14-19-11-20(37)13-26(19)41-15-21-29(36-42-30(21)17-6-7-17)28-22(32)4-3-5-23(28)33/h3-5,8-9,12,16-17,19-20,26-27H,6-7,10-11,13-15H2,1-2H3,(H,35,38)(H,39,40)/t19-,20-,26+,27?/m0/s1. The molecule has 3 aliphatic rings. The Morgan fingerprint density at radius 1 is 1.23 bits per heavy atom. The first-order chi connectivity index (χ1) is 20.6. The SMILES string of the molecule is CC(C)CC(NC(=O)c1ccc(N2C[C@@H]3C[C@H]2C[C@H]3OCc2c(-c3c(Cl)cccc3Cl)noc2C2CC2)c(F)c1)S(=O)O. The van der Waals surface area contributed by atoms with Crippen molar-refractivity contribution < 1.29 is 27.2 Å². The van der Waals surface area contributed by atoms with Gasteiger partial charge in [0.25, 0.3) is 5.91 Å². The smallest absolute Gasteiger partial charge is 0.252 e. The van der Waals surface area contributed by atoms with E-state index in [-0.39, 0.29) is 29.5 Å². The van der Waals surface area contributed by atoms with Crippen LogP contribution in [0.25, 0.3) is 11.3 Å². The van der Waals surface area contributed by atoms with Gasteiger partial charge in [-0.2, -0.15) is 0 Å². The van der Waals surface area contributed by atoms with Crippen molar-refractivity contribution in [3.05, 3.63) is 69.1 Å². The summed E-state index contributed by atoms with van der Waals surface area (Å²) in [4.78, 5) is 14.8. The lowest BCUT2D eigenvalue weighted by Crippen LogP contribution is -2.39. The van der Waals surface area contributed by atoms with Crippen molar-refractivity contribution in [3.63, 3.8) is 0 Å². The van der Waals surface area contributed by atoms with Crippen LogP contribution in [0.4, 0.5) is 10.1 Å². The number of fused-ring (bicyclic) bond motifs is 2. The number of ether oxygens (including phenoxy) is 1. The maximum absolute atomic E-state index is 15.3. The van der Waals surface area contributed by atoms with E-state index in [1.54, 1.807) is 30.3 Å². The largest absolute Gasteiger partial charge is 0.373 e. The Morgan fingerprint density at radius 3 is 2.58 bits per heavy atom. The van der Waals surface area contributed by atoms with Gasteiger partial charge in [-0.05, 0) is 68.4 Å². The van der Waals surface area contributed by atoms with Crippen molar-refractivity contribution in [3.8, 4) is 11.3 Å². The molecule has 8 nitrogen and oxygen atoms in total. The molecule has 2 saturated carbocycles. The molecule has 1 saturated heterocycles. The number of amides is 1. The first-order valence-corrected chi connectivity index (χ1v) is 16.5. The Morgan fingerprint density at radius 2 is 1.98 bits per heavy atom. The number of carbonyl (C=O) groups excluding carboxylic acids is 1. The van der Waals surface area contributed by atoms with Crippen LogP contribution >= 0.6 is 23.2 Å². The monoisotopic (exact) mass is 649 g/mol. The van der Waals surface area contributed by atoms with E-state index in [0.29, 0.717) is 52.5 Å². The van der Waals surface area contributed by atoms with E-state index in [1.165, 1.54) is 6.07 Å². The summed E-state index contributed by atoms with van der Waals surface area (Å²) in [6.45, 7) is 4.76. The fraction of sp³-hybridized carbons (Fsp3) is 0.484. The van der Waals surface area contributed by atoms with Gasteiger partial charge in [-0.1, -0.05) is 48.3 Å². The van der Waals surface area contributed by atoms with Gasteiger partial charge in [0.2, 0.25) is 0 Å². The van der Waals surface area contributed by atoms with Crippen LogP contribution in [0, 0.1) is 17.7 Å². The summed E-state index contributed by atoms with van der Waals surface area (Å²) < 4.78 is 48.8. The summed E-state index contributed by atoms with van der Waals surface area (Å²) in [5.41, 5.74) is 2.71. The molecule has 2 bridgehead atoms. The number of nitrogens with one attached hydrogen (secondary N) is 1. The molecule has 2 N–H and O–H groups in total. The molecule has 230 valence electrons. The maximum Gasteiger partial charge on any atom is 0.252 e. The summed E-state index contributed by atoms with van der Waals surface area (Å²) in [6.07, 6.45) is 4.07. The molecule has 3 aromatic rings. The number of anilines is 1. The minimum Gasteiger partial charge on any atom is -0.373 e. The number of piperidine rings is 1. The zero-order chi connectivity index (χ0) is 30.4. The fourth-order valence-corrected chi connectivity index (χ4v) is 7.71. The Bertz CT molecular complexity index is 1530. The van der Waals surface area contributed by atoms with E-state index in [9.17, 15) is 13.6 Å². The van der Waals surface area contributed by atoms with Crippen LogP contribution in [0.5, 0.6) is 0 Å². The van der Waals surface area contributed by atoms with Gasteiger partial charge in [0, 0.05) is 41.1 Å². The van der Waals surface area contributed by atoms with E-state index in [0.717, 1.165) is 37.0 Å². The highest BCUT2D eigenvalue weighted by Gasteiger charge is 2.46. The van der Waals surface area contributed by atoms with E-state index < -0.39 is 28.2 Å². The van der Waals surface area contributed by atoms with Gasteiger partial charge in [-0.3, -0.25) is 4.79 Å². The van der Waals surface area contributed by atoms with Crippen molar-refractivity contribution in [2.75, 3.05) is 11.4 Å². The average molecular weight is 651 g/mol. The molecule has 5 atom stereocenters. The zero-order valence-corrected chi connectivity index (χ0v) is 26.2. The number of rotatable bonds is 11. The average Bonchev–Trinajstić information content (AvgIpc) is 3.41. The minimum atomic E-state index is -2.23. The topological polar surface area (TPSA) is 105 Å². The van der Waals surface area contributed by atoms with Gasteiger partial charge in [0.1, 0.15) is 22.6 Å². The summed E-state index contributed by atoms with van der Waals surface area (Å²) in [6, 6.07) is 9.84. The third-order valence-corrected chi connectivity index (χ3v) is 10.1. The second kappa shape index (κ2) is 12.5. The molecular formula is C31H34Cl2FN3O5S. The zero-order valence-electron chi connectivity index (χ0n) is 23.9. The van der Waals surface area contributed by atoms with Crippen molar-refractivity contribution in [1.29, 1.82) is 0 Å². The van der Waals surface area contributed by atoms with Crippen molar-refractivity contribution in [1.82, 2.24) is 10.5 Å². The highest BCUT2D eigenvalue weighted by atomic mass is 35.5. The summed E-state index contributed by atoms with van der Waals surface area (Å²) >= 11 is 10.8. The van der Waals surface area contributed by atoms with Crippen LogP contribution in [-0.2, 0) is 22.4 Å². The number of benzene rings is 2. The quantitative estimate of drug-likeness (QED) is 0.212. The third-order valence-electron chi connectivity index (χ3n) is 8.63. The summed E-state index contributed by atoms with van der Waals surface area (Å²) in [7, 11) is 0. The van der Waals surface area contributed by atoms with Gasteiger partial charge >= 0.3 is 0 Å². The second-order valence-electron chi connectivity index (χ2n) is 12.2. The van der Waals surface area contributed by atoms with Crippen LogP contribution in [0.15, 0.2) is 40.9 Å². The highest BCUT2D eigenvalue weighted by molar-refractivity contribution is 7.79. The molecule has 3 fully saturated rings. The molecule has 2 aliphatic carbocycles. The van der Waals surface area contributed by atoms with Crippen molar-refractivity contribution in [2.24, 2.45) is 11.8 Å². The number of hydrogen-bond donors (Lipinski definition) is 2. The number of carbonyl (C=O) groups is 1. The highest BCUT2D eigenvalue weighted by Crippen LogP contribution is 2.47. The number of halogens is 3. The first-order valence-electron chi connectivity index (χ1n) is 14.6. The number of aromatic nitrogens is 1. The fourth-order valence-electron chi connectivity index (χ4n) is 6.37. The lowest BCUT2D eigenvalue weighted by atomic mass is 10.0. The first kappa shape index (κ1) is 30.5. The van der Waals surface area contributed by atoms with E-state index >= 15 is 4.39 Å². The molecule has 6 rings (SSSR count). The third kappa shape index (κ3) is 6.35. The number of hydrogen-bond acceptors (Lipinski definition) is 6. The Labute approximate surface area is 262 Å². The van der Waals surface area contributed by atoms with Crippen LogP contribution < -0.4 is 10.2 Å². The maximum atomic E-state index is 15.3. The van der Waals surface area contributed by atoms with Gasteiger partial charge < -0.3 is 24.0 Å². The van der Waals surface area contributed by atoms with Crippen molar-refractivity contribution in [2.45, 2.75) is 76.0 Å².